The van der Waals surface area contributed by atoms with E-state index in [4.69, 9.17) is 14.2 Å². The van der Waals surface area contributed by atoms with E-state index in [0.717, 1.165) is 37.7 Å². The van der Waals surface area contributed by atoms with Crippen LogP contribution in [0.3, 0.4) is 0 Å². The molecule has 0 N–H and O–H groups in total. The highest BCUT2D eigenvalue weighted by molar-refractivity contribution is 6.00. The fourth-order valence-corrected chi connectivity index (χ4v) is 4.40. The standard InChI is InChI=1S/C26H33FO4/c1-3-30-21-14-7-12-20(25(28)22-15-8-16-23(27)26(22)29-2)13-9-17-31-24(18-21)19-10-5-4-6-11-19/h4-6,8,10-11,15-16,20-21,24H,3,7,9,12-14,17-18H2,1-2H3. The summed E-state index contributed by atoms with van der Waals surface area (Å²) in [6.45, 7) is 3.23. The summed E-state index contributed by atoms with van der Waals surface area (Å²) in [5.74, 6) is -0.706. The van der Waals surface area contributed by atoms with Crippen LogP contribution < -0.4 is 4.74 Å². The summed E-state index contributed by atoms with van der Waals surface area (Å²) in [6, 6.07) is 14.8. The van der Waals surface area contributed by atoms with E-state index in [9.17, 15) is 9.18 Å². The van der Waals surface area contributed by atoms with Gasteiger partial charge in [-0.2, -0.15) is 0 Å². The molecule has 1 aliphatic rings. The predicted molar refractivity (Wildman–Crippen MR) is 119 cm³/mol. The maximum atomic E-state index is 14.1. The smallest absolute Gasteiger partial charge is 0.169 e. The molecule has 2 aromatic rings. The maximum absolute atomic E-state index is 14.1. The molecular formula is C26H33FO4. The minimum Gasteiger partial charge on any atom is -0.493 e. The summed E-state index contributed by atoms with van der Waals surface area (Å²) < 4.78 is 31.6. The molecular weight excluding hydrogens is 395 g/mol. The molecule has 1 fully saturated rings. The van der Waals surface area contributed by atoms with Gasteiger partial charge >= 0.3 is 0 Å². The summed E-state index contributed by atoms with van der Waals surface area (Å²) in [7, 11) is 1.40. The number of Topliss-reactive ketones (excluding diaryl/α,β-unsaturated/α-hetero) is 1. The number of hydrogen-bond donors (Lipinski definition) is 0. The van der Waals surface area contributed by atoms with Gasteiger partial charge in [-0.3, -0.25) is 4.79 Å². The van der Waals surface area contributed by atoms with Gasteiger partial charge in [0.15, 0.2) is 17.3 Å². The van der Waals surface area contributed by atoms with E-state index in [1.165, 1.54) is 13.2 Å². The van der Waals surface area contributed by atoms with Crippen molar-refractivity contribution in [3.05, 3.63) is 65.5 Å². The number of rotatable bonds is 6. The zero-order valence-corrected chi connectivity index (χ0v) is 18.5. The Kier molecular flexibility index (Phi) is 9.04. The largest absolute Gasteiger partial charge is 0.493 e. The van der Waals surface area contributed by atoms with Gasteiger partial charge in [0.25, 0.3) is 0 Å². The second-order valence-electron chi connectivity index (χ2n) is 8.04. The number of ketones is 1. The third-order valence-electron chi connectivity index (χ3n) is 5.95. The van der Waals surface area contributed by atoms with Crippen LogP contribution >= 0.6 is 0 Å². The molecule has 1 heterocycles. The van der Waals surface area contributed by atoms with Crippen molar-refractivity contribution >= 4 is 5.78 Å². The molecule has 1 saturated heterocycles. The first-order valence-electron chi connectivity index (χ1n) is 11.3. The van der Waals surface area contributed by atoms with E-state index < -0.39 is 5.82 Å². The number of methoxy groups -OCH3 is 1. The van der Waals surface area contributed by atoms with Crippen LogP contribution in [0.1, 0.15) is 67.5 Å². The minimum absolute atomic E-state index is 0.0201. The van der Waals surface area contributed by atoms with Gasteiger partial charge in [0.05, 0.1) is 24.9 Å². The molecule has 1 aliphatic heterocycles. The van der Waals surface area contributed by atoms with Crippen molar-refractivity contribution in [2.45, 2.75) is 57.7 Å². The van der Waals surface area contributed by atoms with Gasteiger partial charge in [-0.05, 0) is 50.3 Å². The fourth-order valence-electron chi connectivity index (χ4n) is 4.40. The normalized spacial score (nSPS) is 23.0. The molecule has 0 radical (unpaired) electrons. The van der Waals surface area contributed by atoms with Gasteiger partial charge < -0.3 is 14.2 Å². The molecule has 3 atom stereocenters. The Labute approximate surface area is 184 Å². The van der Waals surface area contributed by atoms with Crippen LogP contribution in [-0.4, -0.2) is 32.2 Å². The highest BCUT2D eigenvalue weighted by Gasteiger charge is 2.26. The molecule has 0 spiro atoms. The first-order valence-corrected chi connectivity index (χ1v) is 11.3. The number of carbonyl (C=O) groups excluding carboxylic acids is 1. The number of benzene rings is 2. The lowest BCUT2D eigenvalue weighted by atomic mass is 9.88. The molecule has 3 rings (SSSR count). The van der Waals surface area contributed by atoms with Gasteiger partial charge in [-0.15, -0.1) is 0 Å². The summed E-state index contributed by atoms with van der Waals surface area (Å²) in [4.78, 5) is 13.3. The molecule has 31 heavy (non-hydrogen) atoms. The van der Waals surface area contributed by atoms with Gasteiger partial charge in [-0.25, -0.2) is 4.39 Å². The van der Waals surface area contributed by atoms with E-state index in [-0.39, 0.29) is 29.7 Å². The number of carbonyl (C=O) groups is 1. The lowest BCUT2D eigenvalue weighted by Crippen LogP contribution is -2.19. The van der Waals surface area contributed by atoms with Crippen LogP contribution in [0.15, 0.2) is 48.5 Å². The van der Waals surface area contributed by atoms with E-state index in [1.54, 1.807) is 12.1 Å². The molecule has 168 valence electrons. The average Bonchev–Trinajstić information content (AvgIpc) is 2.83. The quantitative estimate of drug-likeness (QED) is 0.518. The van der Waals surface area contributed by atoms with Gasteiger partial charge in [0, 0.05) is 25.6 Å². The van der Waals surface area contributed by atoms with Crippen molar-refractivity contribution in [2.24, 2.45) is 5.92 Å². The van der Waals surface area contributed by atoms with Crippen molar-refractivity contribution in [3.63, 3.8) is 0 Å². The van der Waals surface area contributed by atoms with E-state index in [2.05, 4.69) is 12.1 Å². The Hall–Kier alpha value is -2.24. The Balaban J connectivity index is 1.75. The van der Waals surface area contributed by atoms with Crippen LogP contribution in [0.4, 0.5) is 4.39 Å². The molecule has 2 aromatic carbocycles. The van der Waals surface area contributed by atoms with Crippen LogP contribution in [0, 0.1) is 11.7 Å². The van der Waals surface area contributed by atoms with Crippen LogP contribution in [0.5, 0.6) is 5.75 Å². The number of hydrogen-bond acceptors (Lipinski definition) is 4. The van der Waals surface area contributed by atoms with Crippen molar-refractivity contribution in [2.75, 3.05) is 20.3 Å². The van der Waals surface area contributed by atoms with E-state index in [1.807, 2.05) is 25.1 Å². The summed E-state index contributed by atoms with van der Waals surface area (Å²) in [5.41, 5.74) is 1.48. The van der Waals surface area contributed by atoms with E-state index >= 15 is 0 Å². The number of halogens is 1. The van der Waals surface area contributed by atoms with Crippen molar-refractivity contribution in [1.29, 1.82) is 0 Å². The fraction of sp³-hybridized carbons (Fsp3) is 0.500. The second-order valence-corrected chi connectivity index (χ2v) is 8.04. The van der Waals surface area contributed by atoms with Gasteiger partial charge in [0.1, 0.15) is 0 Å². The second kappa shape index (κ2) is 12.0. The zero-order chi connectivity index (χ0) is 22.1. The van der Waals surface area contributed by atoms with Crippen molar-refractivity contribution in [1.82, 2.24) is 0 Å². The lowest BCUT2D eigenvalue weighted by Gasteiger charge is -2.24. The first kappa shape index (κ1) is 23.4. The van der Waals surface area contributed by atoms with Crippen molar-refractivity contribution < 1.29 is 23.4 Å². The monoisotopic (exact) mass is 428 g/mol. The Morgan fingerprint density at radius 2 is 1.84 bits per heavy atom. The molecule has 0 bridgehead atoms. The third-order valence-corrected chi connectivity index (χ3v) is 5.95. The predicted octanol–water partition coefficient (Wildman–Crippen LogP) is 6.15. The highest BCUT2D eigenvalue weighted by Crippen LogP contribution is 2.32. The molecule has 0 amide bonds. The molecule has 0 aliphatic carbocycles. The maximum Gasteiger partial charge on any atom is 0.169 e. The molecule has 3 unspecified atom stereocenters. The summed E-state index contributed by atoms with van der Waals surface area (Å²) in [5, 5.41) is 0. The molecule has 5 heteroatoms. The highest BCUT2D eigenvalue weighted by atomic mass is 19.1. The summed E-state index contributed by atoms with van der Waals surface area (Å²) in [6.07, 6.45) is 4.83. The Morgan fingerprint density at radius 1 is 1.06 bits per heavy atom. The van der Waals surface area contributed by atoms with Gasteiger partial charge in [-0.1, -0.05) is 42.8 Å². The third kappa shape index (κ3) is 6.37. The molecule has 0 aromatic heterocycles. The number of para-hydroxylation sites is 1. The lowest BCUT2D eigenvalue weighted by molar-refractivity contribution is -0.0183. The molecule has 4 nitrogen and oxygen atoms in total. The van der Waals surface area contributed by atoms with Crippen molar-refractivity contribution in [3.8, 4) is 5.75 Å². The van der Waals surface area contributed by atoms with Crippen LogP contribution in [-0.2, 0) is 9.47 Å². The zero-order valence-electron chi connectivity index (χ0n) is 18.5. The van der Waals surface area contributed by atoms with E-state index in [0.29, 0.717) is 25.2 Å². The number of ether oxygens (including phenoxy) is 3. The summed E-state index contributed by atoms with van der Waals surface area (Å²) >= 11 is 0. The Morgan fingerprint density at radius 3 is 2.58 bits per heavy atom. The van der Waals surface area contributed by atoms with Crippen LogP contribution in [0.2, 0.25) is 0 Å². The molecule has 0 saturated carbocycles. The average molecular weight is 429 g/mol. The van der Waals surface area contributed by atoms with Crippen LogP contribution in [0.25, 0.3) is 0 Å². The minimum atomic E-state index is -0.504. The Bertz CT molecular complexity index is 823. The first-order chi connectivity index (χ1) is 15.1. The SMILES string of the molecule is CCOC1CCCC(C(=O)c2cccc(F)c2OC)CCCOC(c2ccccc2)C1. The van der Waals surface area contributed by atoms with Gasteiger partial charge in [0.2, 0.25) is 0 Å². The topological polar surface area (TPSA) is 44.8 Å².